The van der Waals surface area contributed by atoms with E-state index in [0.29, 0.717) is 0 Å². The molecule has 9 heteroatoms. The van der Waals surface area contributed by atoms with E-state index >= 15 is 0 Å². The van der Waals surface area contributed by atoms with E-state index in [4.69, 9.17) is 0 Å². The van der Waals surface area contributed by atoms with Crippen LogP contribution < -0.4 is 5.56 Å². The van der Waals surface area contributed by atoms with Crippen molar-refractivity contribution in [1.29, 1.82) is 0 Å². The van der Waals surface area contributed by atoms with Crippen LogP contribution in [-0.2, 0) is 18.5 Å². The molecule has 0 bridgehead atoms. The maximum atomic E-state index is 11.9. The van der Waals surface area contributed by atoms with Gasteiger partial charge in [-0.05, 0) is 6.07 Å². The predicted octanol–water partition coefficient (Wildman–Crippen LogP) is 0.707. The maximum absolute atomic E-state index is 11.9. The maximum Gasteiger partial charge on any atom is 0.306 e. The zero-order chi connectivity index (χ0) is 17.2. The summed E-state index contributed by atoms with van der Waals surface area (Å²) in [5, 5.41) is 28.8. The van der Waals surface area contributed by atoms with Crippen LogP contribution in [0.2, 0.25) is 0 Å². The lowest BCUT2D eigenvalue weighted by molar-refractivity contribution is -0.385. The summed E-state index contributed by atoms with van der Waals surface area (Å²) in [6.45, 7) is 5.94. The van der Waals surface area contributed by atoms with Crippen LogP contribution >= 0.6 is 0 Å². The van der Waals surface area contributed by atoms with E-state index in [1.807, 2.05) is 20.8 Å². The van der Waals surface area contributed by atoms with Crippen LogP contribution in [0.1, 0.15) is 26.5 Å². The number of hydrogen-bond acceptors (Lipinski definition) is 6. The molecule has 2 aromatic heterocycles. The van der Waals surface area contributed by atoms with Crippen LogP contribution in [0.5, 0.6) is 0 Å². The molecule has 0 aliphatic rings. The van der Waals surface area contributed by atoms with Crippen molar-refractivity contribution in [2.75, 3.05) is 0 Å². The standard InChI is InChI=1S/C14H19N5O4/c1-14(2,3)12-4-5-13(21)18(16-12)9-11(20)8-17-7-10(6-15-17)19(22)23/h4-7,11,20H,8-9H2,1-3H3. The van der Waals surface area contributed by atoms with Crippen molar-refractivity contribution >= 4 is 5.69 Å². The molecule has 0 radical (unpaired) electrons. The van der Waals surface area contributed by atoms with Gasteiger partial charge in [0.05, 0.1) is 29.8 Å². The van der Waals surface area contributed by atoms with Crippen molar-refractivity contribution in [3.63, 3.8) is 0 Å². The van der Waals surface area contributed by atoms with E-state index < -0.39 is 11.0 Å². The van der Waals surface area contributed by atoms with Gasteiger partial charge in [0.2, 0.25) is 0 Å². The Labute approximate surface area is 132 Å². The first-order valence-electron chi connectivity index (χ1n) is 7.10. The van der Waals surface area contributed by atoms with Crippen LogP contribution in [0.3, 0.4) is 0 Å². The van der Waals surface area contributed by atoms with Gasteiger partial charge in [-0.25, -0.2) is 4.68 Å². The molecular formula is C14H19N5O4. The summed E-state index contributed by atoms with van der Waals surface area (Å²) in [5.74, 6) is 0. The fourth-order valence-corrected chi connectivity index (χ4v) is 2.00. The Bertz CT molecular complexity index is 759. The van der Waals surface area contributed by atoms with Gasteiger partial charge in [0.15, 0.2) is 0 Å². The number of nitro groups is 1. The molecule has 0 aliphatic heterocycles. The number of aliphatic hydroxyl groups excluding tert-OH is 1. The van der Waals surface area contributed by atoms with Crippen LogP contribution in [0.15, 0.2) is 29.3 Å². The molecule has 2 heterocycles. The minimum atomic E-state index is -0.949. The molecule has 0 aromatic carbocycles. The largest absolute Gasteiger partial charge is 0.389 e. The Hall–Kier alpha value is -2.55. The van der Waals surface area contributed by atoms with Gasteiger partial charge in [0.25, 0.3) is 5.56 Å². The second-order valence-electron chi connectivity index (χ2n) is 6.32. The Morgan fingerprint density at radius 2 is 2.04 bits per heavy atom. The van der Waals surface area contributed by atoms with Gasteiger partial charge in [-0.1, -0.05) is 20.8 Å². The average Bonchev–Trinajstić information content (AvgIpc) is 2.88. The van der Waals surface area contributed by atoms with Crippen molar-refractivity contribution < 1.29 is 10.0 Å². The van der Waals surface area contributed by atoms with Crippen molar-refractivity contribution in [1.82, 2.24) is 19.6 Å². The number of aromatic nitrogens is 4. The summed E-state index contributed by atoms with van der Waals surface area (Å²) in [4.78, 5) is 21.9. The first-order valence-corrected chi connectivity index (χ1v) is 7.10. The number of hydrogen-bond donors (Lipinski definition) is 1. The molecule has 0 aliphatic carbocycles. The monoisotopic (exact) mass is 321 g/mol. The number of rotatable bonds is 5. The molecule has 0 saturated heterocycles. The van der Waals surface area contributed by atoms with Gasteiger partial charge in [-0.15, -0.1) is 0 Å². The van der Waals surface area contributed by atoms with Crippen molar-refractivity contribution in [3.8, 4) is 0 Å². The third-order valence-corrected chi connectivity index (χ3v) is 3.25. The average molecular weight is 321 g/mol. The molecule has 2 rings (SSSR count). The number of aliphatic hydroxyl groups is 1. The lowest BCUT2D eigenvalue weighted by atomic mass is 9.92. The molecule has 1 N–H and O–H groups in total. The third-order valence-electron chi connectivity index (χ3n) is 3.25. The Morgan fingerprint density at radius 3 is 2.61 bits per heavy atom. The van der Waals surface area contributed by atoms with E-state index in [-0.39, 0.29) is 29.8 Å². The lowest BCUT2D eigenvalue weighted by Gasteiger charge is -2.19. The summed E-state index contributed by atoms with van der Waals surface area (Å²) in [5.41, 5.74) is 0.0490. The topological polar surface area (TPSA) is 116 Å². The highest BCUT2D eigenvalue weighted by Crippen LogP contribution is 2.18. The van der Waals surface area contributed by atoms with Gasteiger partial charge in [0, 0.05) is 11.5 Å². The smallest absolute Gasteiger partial charge is 0.306 e. The Kier molecular flexibility index (Phi) is 4.60. The minimum absolute atomic E-state index is 0.0174. The van der Waals surface area contributed by atoms with Gasteiger partial charge < -0.3 is 5.11 Å². The SMILES string of the molecule is CC(C)(C)c1ccc(=O)n(CC(O)Cn2cc([N+](=O)[O-])cn2)n1. The molecule has 124 valence electrons. The van der Waals surface area contributed by atoms with Gasteiger partial charge in [0.1, 0.15) is 12.4 Å². The fourth-order valence-electron chi connectivity index (χ4n) is 2.00. The highest BCUT2D eigenvalue weighted by atomic mass is 16.6. The third kappa shape index (κ3) is 4.22. The summed E-state index contributed by atoms with van der Waals surface area (Å²) < 4.78 is 2.46. The molecule has 2 aromatic rings. The van der Waals surface area contributed by atoms with Crippen LogP contribution in [0, 0.1) is 10.1 Å². The fraction of sp³-hybridized carbons (Fsp3) is 0.500. The van der Waals surface area contributed by atoms with Crippen LogP contribution in [0.4, 0.5) is 5.69 Å². The van der Waals surface area contributed by atoms with Crippen molar-refractivity contribution in [2.24, 2.45) is 0 Å². The quantitative estimate of drug-likeness (QED) is 0.640. The molecule has 0 fully saturated rings. The van der Waals surface area contributed by atoms with E-state index in [1.54, 1.807) is 6.07 Å². The second-order valence-corrected chi connectivity index (χ2v) is 6.32. The molecule has 1 unspecified atom stereocenters. The Balaban J connectivity index is 2.11. The van der Waals surface area contributed by atoms with Gasteiger partial charge in [-0.3, -0.25) is 19.6 Å². The number of nitrogens with zero attached hydrogens (tertiary/aromatic N) is 5. The highest BCUT2D eigenvalue weighted by molar-refractivity contribution is 5.20. The first-order chi connectivity index (χ1) is 10.7. The molecule has 1 atom stereocenters. The molecule has 0 amide bonds. The minimum Gasteiger partial charge on any atom is -0.389 e. The molecule has 0 saturated carbocycles. The van der Waals surface area contributed by atoms with Crippen LogP contribution in [0.25, 0.3) is 0 Å². The highest BCUT2D eigenvalue weighted by Gasteiger charge is 2.18. The molecule has 9 nitrogen and oxygen atoms in total. The second kappa shape index (κ2) is 6.29. The Morgan fingerprint density at radius 1 is 1.35 bits per heavy atom. The van der Waals surface area contributed by atoms with Crippen LogP contribution in [-0.4, -0.2) is 35.7 Å². The predicted molar refractivity (Wildman–Crippen MR) is 82.1 cm³/mol. The molecule has 0 spiro atoms. The summed E-state index contributed by atoms with van der Waals surface area (Å²) >= 11 is 0. The molecule has 23 heavy (non-hydrogen) atoms. The normalized spacial score (nSPS) is 13.0. The van der Waals surface area contributed by atoms with Gasteiger partial charge in [-0.2, -0.15) is 10.2 Å². The van der Waals surface area contributed by atoms with Gasteiger partial charge >= 0.3 is 5.69 Å². The summed E-state index contributed by atoms with van der Waals surface area (Å²) in [7, 11) is 0. The summed E-state index contributed by atoms with van der Waals surface area (Å²) in [6.07, 6.45) is 1.39. The molecular weight excluding hydrogens is 302 g/mol. The van der Waals surface area contributed by atoms with Crippen molar-refractivity contribution in [2.45, 2.75) is 45.4 Å². The van der Waals surface area contributed by atoms with E-state index in [0.717, 1.165) is 11.9 Å². The zero-order valence-corrected chi connectivity index (χ0v) is 13.2. The van der Waals surface area contributed by atoms with Crippen molar-refractivity contribution in [3.05, 3.63) is 50.7 Å². The summed E-state index contributed by atoms with van der Waals surface area (Å²) in [6, 6.07) is 3.08. The zero-order valence-electron chi connectivity index (χ0n) is 13.2. The van der Waals surface area contributed by atoms with E-state index in [9.17, 15) is 20.0 Å². The first kappa shape index (κ1) is 16.8. The van der Waals surface area contributed by atoms with E-state index in [1.165, 1.54) is 21.6 Å². The lowest BCUT2D eigenvalue weighted by Crippen LogP contribution is -2.32. The van der Waals surface area contributed by atoms with E-state index in [2.05, 4.69) is 10.2 Å².